The largest absolute Gasteiger partial charge is 0.493 e. The number of hydrogen-bond donors (Lipinski definition) is 1. The van der Waals surface area contributed by atoms with Gasteiger partial charge in [0.15, 0.2) is 16.7 Å². The Balaban J connectivity index is 1.21. The number of fused-ring (bicyclic) bond motifs is 1. The number of ether oxygens (including phenoxy) is 2. The molecule has 5 rings (SSSR count). The van der Waals surface area contributed by atoms with E-state index in [4.69, 9.17) is 26.1 Å². The third-order valence-corrected chi connectivity index (χ3v) is 7.26. The van der Waals surface area contributed by atoms with Gasteiger partial charge in [-0.2, -0.15) is 5.10 Å². The Bertz CT molecular complexity index is 1620. The Morgan fingerprint density at radius 2 is 1.75 bits per heavy atom. The molecule has 0 saturated carbocycles. The van der Waals surface area contributed by atoms with Gasteiger partial charge in [0.1, 0.15) is 6.61 Å². The van der Waals surface area contributed by atoms with Gasteiger partial charge in [-0.25, -0.2) is 10.4 Å². The van der Waals surface area contributed by atoms with E-state index in [-0.39, 0.29) is 11.7 Å². The monoisotopic (exact) mass is 570 g/mol. The summed E-state index contributed by atoms with van der Waals surface area (Å²) in [6, 6.07) is 31.0. The molecule has 1 heterocycles. The van der Waals surface area contributed by atoms with Gasteiger partial charge < -0.3 is 14.0 Å². The van der Waals surface area contributed by atoms with Crippen molar-refractivity contribution in [2.45, 2.75) is 18.3 Å². The molecule has 1 aromatic heterocycles. The van der Waals surface area contributed by atoms with Crippen molar-refractivity contribution in [3.8, 4) is 11.5 Å². The molecule has 7 nitrogen and oxygen atoms in total. The summed E-state index contributed by atoms with van der Waals surface area (Å²) in [6.45, 7) is 1.03. The van der Waals surface area contributed by atoms with Crippen LogP contribution in [-0.2, 0) is 17.9 Å². The number of hydrogen-bond acceptors (Lipinski definition) is 6. The van der Waals surface area contributed by atoms with Gasteiger partial charge in [0, 0.05) is 5.02 Å². The van der Waals surface area contributed by atoms with E-state index in [1.54, 1.807) is 13.3 Å². The SMILES string of the molecule is COc1ccc(/C=N\NC(=O)CSc2nc3ccccc3n2Cc2ccc(Cl)cc2)cc1OCc1ccccc1. The minimum atomic E-state index is -0.236. The number of hydrazone groups is 1. The molecule has 0 atom stereocenters. The van der Waals surface area contributed by atoms with Crippen LogP contribution >= 0.6 is 23.4 Å². The lowest BCUT2D eigenvalue weighted by molar-refractivity contribution is -0.118. The zero-order valence-corrected chi connectivity index (χ0v) is 23.4. The molecule has 0 aliphatic heterocycles. The Hall–Kier alpha value is -4.27. The van der Waals surface area contributed by atoms with Crippen molar-refractivity contribution in [2.75, 3.05) is 12.9 Å². The van der Waals surface area contributed by atoms with Crippen LogP contribution in [0.15, 0.2) is 107 Å². The number of aromatic nitrogens is 2. The molecule has 0 aliphatic rings. The second-order valence-electron chi connectivity index (χ2n) is 8.86. The lowest BCUT2D eigenvalue weighted by Crippen LogP contribution is -2.20. The summed E-state index contributed by atoms with van der Waals surface area (Å²) >= 11 is 7.42. The van der Waals surface area contributed by atoms with Gasteiger partial charge in [0.2, 0.25) is 0 Å². The first-order valence-corrected chi connectivity index (χ1v) is 13.9. The van der Waals surface area contributed by atoms with Gasteiger partial charge in [0.05, 0.1) is 36.7 Å². The Morgan fingerprint density at radius 3 is 2.55 bits per heavy atom. The number of carbonyl (C=O) groups excluding carboxylic acids is 1. The van der Waals surface area contributed by atoms with E-state index in [1.807, 2.05) is 97.1 Å². The maximum absolute atomic E-state index is 12.6. The molecular weight excluding hydrogens is 544 g/mol. The van der Waals surface area contributed by atoms with Gasteiger partial charge in [0.25, 0.3) is 5.91 Å². The number of benzene rings is 4. The third kappa shape index (κ3) is 7.02. The van der Waals surface area contributed by atoms with Crippen LogP contribution in [0.2, 0.25) is 5.02 Å². The number of carbonyl (C=O) groups is 1. The second-order valence-corrected chi connectivity index (χ2v) is 10.2. The van der Waals surface area contributed by atoms with Crippen LogP contribution in [0, 0.1) is 0 Å². The highest BCUT2D eigenvalue weighted by atomic mass is 35.5. The van der Waals surface area contributed by atoms with Crippen LogP contribution in [0.4, 0.5) is 0 Å². The second kappa shape index (κ2) is 13.2. The number of nitrogens with zero attached hydrogens (tertiary/aromatic N) is 3. The lowest BCUT2D eigenvalue weighted by Gasteiger charge is -2.11. The van der Waals surface area contributed by atoms with E-state index in [9.17, 15) is 4.79 Å². The van der Waals surface area contributed by atoms with Crippen LogP contribution in [-0.4, -0.2) is 34.5 Å². The fraction of sp³-hybridized carbons (Fsp3) is 0.129. The molecule has 0 saturated heterocycles. The Kier molecular flexibility index (Phi) is 9.00. The highest BCUT2D eigenvalue weighted by molar-refractivity contribution is 7.99. The van der Waals surface area contributed by atoms with Crippen LogP contribution in [0.5, 0.6) is 11.5 Å². The minimum Gasteiger partial charge on any atom is -0.493 e. The Labute approximate surface area is 241 Å². The number of thioether (sulfide) groups is 1. The first-order chi connectivity index (χ1) is 19.6. The lowest BCUT2D eigenvalue weighted by atomic mass is 10.2. The molecule has 40 heavy (non-hydrogen) atoms. The fourth-order valence-corrected chi connectivity index (χ4v) is 4.98. The van der Waals surface area contributed by atoms with Gasteiger partial charge in [-0.05, 0) is 59.2 Å². The zero-order valence-electron chi connectivity index (χ0n) is 21.8. The number of nitrogens with one attached hydrogen (secondary N) is 1. The van der Waals surface area contributed by atoms with Crippen molar-refractivity contribution in [1.82, 2.24) is 15.0 Å². The van der Waals surface area contributed by atoms with Crippen LogP contribution in [0.25, 0.3) is 11.0 Å². The molecule has 4 aromatic carbocycles. The van der Waals surface area contributed by atoms with E-state index in [0.29, 0.717) is 29.7 Å². The van der Waals surface area contributed by atoms with Crippen molar-refractivity contribution < 1.29 is 14.3 Å². The van der Waals surface area contributed by atoms with Crippen molar-refractivity contribution in [3.05, 3.63) is 119 Å². The van der Waals surface area contributed by atoms with Crippen LogP contribution in [0.3, 0.4) is 0 Å². The topological polar surface area (TPSA) is 77.7 Å². The van der Waals surface area contributed by atoms with Crippen LogP contribution in [0.1, 0.15) is 16.7 Å². The Morgan fingerprint density at radius 1 is 0.975 bits per heavy atom. The summed E-state index contributed by atoms with van der Waals surface area (Å²) in [6.07, 6.45) is 1.58. The van der Waals surface area contributed by atoms with E-state index in [1.165, 1.54) is 11.8 Å². The van der Waals surface area contributed by atoms with E-state index < -0.39 is 0 Å². The van der Waals surface area contributed by atoms with Gasteiger partial charge in [-0.1, -0.05) is 78.0 Å². The molecule has 0 spiro atoms. The van der Waals surface area contributed by atoms with Gasteiger partial charge >= 0.3 is 0 Å². The summed E-state index contributed by atoms with van der Waals surface area (Å²) in [5.74, 6) is 1.14. The van der Waals surface area contributed by atoms with E-state index >= 15 is 0 Å². The summed E-state index contributed by atoms with van der Waals surface area (Å²) in [7, 11) is 1.60. The van der Waals surface area contributed by atoms with Gasteiger partial charge in [-0.15, -0.1) is 0 Å². The van der Waals surface area contributed by atoms with Crippen molar-refractivity contribution in [1.29, 1.82) is 0 Å². The summed E-state index contributed by atoms with van der Waals surface area (Å²) < 4.78 is 13.5. The van der Waals surface area contributed by atoms with Crippen molar-refractivity contribution in [3.63, 3.8) is 0 Å². The maximum atomic E-state index is 12.6. The average molecular weight is 571 g/mol. The first-order valence-electron chi connectivity index (χ1n) is 12.6. The molecule has 0 radical (unpaired) electrons. The summed E-state index contributed by atoms with van der Waals surface area (Å²) in [5, 5.41) is 5.58. The number of halogens is 1. The van der Waals surface area contributed by atoms with E-state index in [0.717, 1.165) is 32.9 Å². The number of amides is 1. The number of rotatable bonds is 11. The molecule has 0 bridgehead atoms. The highest BCUT2D eigenvalue weighted by Crippen LogP contribution is 2.29. The fourth-order valence-electron chi connectivity index (χ4n) is 4.05. The molecule has 0 aliphatic carbocycles. The normalized spacial score (nSPS) is 11.2. The maximum Gasteiger partial charge on any atom is 0.250 e. The third-order valence-electron chi connectivity index (χ3n) is 6.03. The molecular formula is C31H27ClN4O3S. The predicted molar refractivity (Wildman–Crippen MR) is 161 cm³/mol. The standard InChI is InChI=1S/C31H27ClN4O3S/c1-38-28-16-13-24(17-29(28)39-20-23-7-3-2-4-8-23)18-33-35-30(37)21-40-31-34-26-9-5-6-10-27(26)36(31)19-22-11-14-25(32)15-12-22/h2-18H,19-21H2,1H3,(H,35,37)/b33-18-. The quantitative estimate of drug-likeness (QED) is 0.110. The van der Waals surface area contributed by atoms with Crippen molar-refractivity contribution >= 4 is 46.5 Å². The molecule has 0 fully saturated rings. The first kappa shape index (κ1) is 27.3. The van der Waals surface area contributed by atoms with Crippen molar-refractivity contribution in [2.24, 2.45) is 5.10 Å². The van der Waals surface area contributed by atoms with E-state index in [2.05, 4.69) is 15.1 Å². The molecule has 9 heteroatoms. The van der Waals surface area contributed by atoms with Crippen LogP contribution < -0.4 is 14.9 Å². The molecule has 202 valence electrons. The summed E-state index contributed by atoms with van der Waals surface area (Å²) in [5.41, 5.74) is 7.39. The number of para-hydroxylation sites is 2. The molecule has 0 unspecified atom stereocenters. The number of imidazole rings is 1. The average Bonchev–Trinajstić information content (AvgIpc) is 3.34. The van der Waals surface area contributed by atoms with Gasteiger partial charge in [-0.3, -0.25) is 4.79 Å². The molecule has 1 N–H and O–H groups in total. The predicted octanol–water partition coefficient (Wildman–Crippen LogP) is 6.57. The summed E-state index contributed by atoms with van der Waals surface area (Å²) in [4.78, 5) is 17.4. The number of methoxy groups -OCH3 is 1. The minimum absolute atomic E-state index is 0.162. The molecule has 5 aromatic rings. The molecule has 1 amide bonds. The highest BCUT2D eigenvalue weighted by Gasteiger charge is 2.13. The smallest absolute Gasteiger partial charge is 0.250 e. The zero-order chi connectivity index (χ0) is 27.7.